The van der Waals surface area contributed by atoms with Gasteiger partial charge in [0.2, 0.25) is 0 Å². The first-order valence-corrected chi connectivity index (χ1v) is 5.04. The average Bonchev–Trinajstić information content (AvgIpc) is 2.64. The maximum absolute atomic E-state index is 10.9. The van der Waals surface area contributed by atoms with Crippen LogP contribution in [0.3, 0.4) is 0 Å². The number of aromatic hydroxyl groups is 1. The third kappa shape index (κ3) is 1.34. The normalized spacial score (nSPS) is 11.1. The summed E-state index contributed by atoms with van der Waals surface area (Å²) in [4.78, 5) is 10.9. The van der Waals surface area contributed by atoms with Gasteiger partial charge < -0.3 is 14.6 Å². The lowest BCUT2D eigenvalue weighted by Gasteiger charge is -1.98. The number of hydrogen-bond acceptors (Lipinski definition) is 3. The van der Waals surface area contributed by atoms with Crippen LogP contribution >= 0.6 is 0 Å². The number of hydrogen-bond donors (Lipinski definition) is 2. The van der Waals surface area contributed by atoms with Crippen LogP contribution in [0.2, 0.25) is 0 Å². The molecule has 0 spiro atoms. The predicted molar refractivity (Wildman–Crippen MR) is 62.3 cm³/mol. The number of benzene rings is 2. The summed E-state index contributed by atoms with van der Waals surface area (Å²) in [5.74, 6) is -1.45. The molecule has 1 aromatic heterocycles. The average molecular weight is 228 g/mol. The Morgan fingerprint density at radius 2 is 1.82 bits per heavy atom. The van der Waals surface area contributed by atoms with Gasteiger partial charge in [-0.25, -0.2) is 4.79 Å². The standard InChI is InChI=1S/C13H8O4/c14-10-6-12-8(5-9(10)13(15)16)7-3-1-2-4-11(7)17-12/h1-6,14H,(H,15,16). The molecule has 4 nitrogen and oxygen atoms in total. The molecule has 0 radical (unpaired) electrons. The fraction of sp³-hybridized carbons (Fsp3) is 0. The molecule has 0 aliphatic heterocycles. The number of phenols is 1. The Kier molecular flexibility index (Phi) is 1.86. The number of carboxylic acids is 1. The van der Waals surface area contributed by atoms with E-state index < -0.39 is 5.97 Å². The van der Waals surface area contributed by atoms with Gasteiger partial charge in [-0.15, -0.1) is 0 Å². The summed E-state index contributed by atoms with van der Waals surface area (Å²) in [5, 5.41) is 20.0. The summed E-state index contributed by atoms with van der Waals surface area (Å²) in [5.41, 5.74) is 1.03. The van der Waals surface area contributed by atoms with E-state index in [1.54, 1.807) is 6.07 Å². The molecule has 17 heavy (non-hydrogen) atoms. The molecular weight excluding hydrogens is 220 g/mol. The van der Waals surface area contributed by atoms with E-state index in [0.29, 0.717) is 16.6 Å². The van der Waals surface area contributed by atoms with Crippen molar-refractivity contribution >= 4 is 27.9 Å². The molecule has 1 heterocycles. The lowest BCUT2D eigenvalue weighted by atomic mass is 10.1. The Bertz CT molecular complexity index is 740. The zero-order valence-electron chi connectivity index (χ0n) is 8.68. The first-order chi connectivity index (χ1) is 8.16. The van der Waals surface area contributed by atoms with E-state index in [0.717, 1.165) is 5.39 Å². The quantitative estimate of drug-likeness (QED) is 0.671. The van der Waals surface area contributed by atoms with Gasteiger partial charge in [0.15, 0.2) is 0 Å². The largest absolute Gasteiger partial charge is 0.507 e. The number of aromatic carboxylic acids is 1. The topological polar surface area (TPSA) is 70.7 Å². The second-order valence-corrected chi connectivity index (χ2v) is 3.77. The molecular formula is C13H8O4. The molecule has 0 amide bonds. The van der Waals surface area contributed by atoms with E-state index in [9.17, 15) is 9.90 Å². The molecule has 0 unspecified atom stereocenters. The molecule has 0 aliphatic rings. The molecule has 2 aromatic carbocycles. The van der Waals surface area contributed by atoms with Crippen molar-refractivity contribution in [2.75, 3.05) is 0 Å². The molecule has 0 fully saturated rings. The van der Waals surface area contributed by atoms with Gasteiger partial charge in [-0.1, -0.05) is 18.2 Å². The minimum absolute atomic E-state index is 0.121. The summed E-state index contributed by atoms with van der Waals surface area (Å²) in [6.45, 7) is 0. The minimum atomic E-state index is -1.16. The van der Waals surface area contributed by atoms with Gasteiger partial charge in [0.1, 0.15) is 22.5 Å². The van der Waals surface area contributed by atoms with E-state index in [2.05, 4.69) is 0 Å². The van der Waals surface area contributed by atoms with Crippen LogP contribution in [0.4, 0.5) is 0 Å². The van der Waals surface area contributed by atoms with E-state index in [-0.39, 0.29) is 11.3 Å². The lowest BCUT2D eigenvalue weighted by molar-refractivity contribution is 0.0694. The van der Waals surface area contributed by atoms with Gasteiger partial charge in [0, 0.05) is 16.8 Å². The van der Waals surface area contributed by atoms with Crippen LogP contribution in [0.25, 0.3) is 21.9 Å². The monoisotopic (exact) mass is 228 g/mol. The van der Waals surface area contributed by atoms with Crippen LogP contribution in [0.1, 0.15) is 10.4 Å². The third-order valence-corrected chi connectivity index (χ3v) is 2.73. The molecule has 0 saturated heterocycles. The van der Waals surface area contributed by atoms with Crippen LogP contribution in [0.15, 0.2) is 40.8 Å². The van der Waals surface area contributed by atoms with Gasteiger partial charge in [-0.05, 0) is 12.1 Å². The Morgan fingerprint density at radius 3 is 2.59 bits per heavy atom. The summed E-state index contributed by atoms with van der Waals surface area (Å²) >= 11 is 0. The lowest BCUT2D eigenvalue weighted by Crippen LogP contribution is -1.95. The van der Waals surface area contributed by atoms with Gasteiger partial charge >= 0.3 is 5.97 Å². The van der Waals surface area contributed by atoms with E-state index in [4.69, 9.17) is 9.52 Å². The van der Waals surface area contributed by atoms with E-state index >= 15 is 0 Å². The molecule has 4 heteroatoms. The summed E-state index contributed by atoms with van der Waals surface area (Å²) in [7, 11) is 0. The molecule has 2 N–H and O–H groups in total. The fourth-order valence-corrected chi connectivity index (χ4v) is 1.93. The van der Waals surface area contributed by atoms with Crippen molar-refractivity contribution in [2.45, 2.75) is 0 Å². The summed E-state index contributed by atoms with van der Waals surface area (Å²) in [6, 6.07) is 10.1. The number of carboxylic acid groups (broad SMARTS) is 1. The van der Waals surface area contributed by atoms with Gasteiger partial charge in [0.05, 0.1) is 0 Å². The third-order valence-electron chi connectivity index (χ3n) is 2.73. The van der Waals surface area contributed by atoms with Crippen molar-refractivity contribution < 1.29 is 19.4 Å². The minimum Gasteiger partial charge on any atom is -0.507 e. The SMILES string of the molecule is O=C(O)c1cc2c(cc1O)oc1ccccc12. The smallest absolute Gasteiger partial charge is 0.339 e. The maximum Gasteiger partial charge on any atom is 0.339 e. The van der Waals surface area contributed by atoms with E-state index in [1.807, 2.05) is 18.2 Å². The van der Waals surface area contributed by atoms with Gasteiger partial charge in [0.25, 0.3) is 0 Å². The predicted octanol–water partition coefficient (Wildman–Crippen LogP) is 2.99. The Hall–Kier alpha value is -2.49. The number of fused-ring (bicyclic) bond motifs is 3. The first kappa shape index (κ1) is 9.72. The molecule has 0 bridgehead atoms. The highest BCUT2D eigenvalue weighted by molar-refractivity contribution is 6.08. The Labute approximate surface area is 95.7 Å². The highest BCUT2D eigenvalue weighted by Gasteiger charge is 2.14. The van der Waals surface area contributed by atoms with Crippen LogP contribution in [0.5, 0.6) is 5.75 Å². The molecule has 84 valence electrons. The highest BCUT2D eigenvalue weighted by atomic mass is 16.4. The first-order valence-electron chi connectivity index (χ1n) is 5.04. The molecule has 0 atom stereocenters. The Morgan fingerprint density at radius 1 is 1.06 bits per heavy atom. The number of para-hydroxylation sites is 1. The van der Waals surface area contributed by atoms with Crippen LogP contribution < -0.4 is 0 Å². The second-order valence-electron chi connectivity index (χ2n) is 3.77. The van der Waals surface area contributed by atoms with Crippen molar-refractivity contribution in [3.63, 3.8) is 0 Å². The number of rotatable bonds is 1. The van der Waals surface area contributed by atoms with Crippen molar-refractivity contribution in [1.29, 1.82) is 0 Å². The van der Waals surface area contributed by atoms with Crippen LogP contribution in [-0.2, 0) is 0 Å². The zero-order chi connectivity index (χ0) is 12.0. The van der Waals surface area contributed by atoms with Crippen molar-refractivity contribution in [1.82, 2.24) is 0 Å². The van der Waals surface area contributed by atoms with Crippen molar-refractivity contribution in [3.05, 3.63) is 42.0 Å². The summed E-state index contributed by atoms with van der Waals surface area (Å²) in [6.07, 6.45) is 0. The fourth-order valence-electron chi connectivity index (χ4n) is 1.93. The zero-order valence-corrected chi connectivity index (χ0v) is 8.68. The van der Waals surface area contributed by atoms with Crippen LogP contribution in [-0.4, -0.2) is 16.2 Å². The van der Waals surface area contributed by atoms with E-state index in [1.165, 1.54) is 12.1 Å². The molecule has 3 aromatic rings. The van der Waals surface area contributed by atoms with Gasteiger partial charge in [-0.2, -0.15) is 0 Å². The van der Waals surface area contributed by atoms with Crippen molar-refractivity contribution in [2.24, 2.45) is 0 Å². The number of carbonyl (C=O) groups is 1. The van der Waals surface area contributed by atoms with Gasteiger partial charge in [-0.3, -0.25) is 0 Å². The Balaban J connectivity index is 2.47. The van der Waals surface area contributed by atoms with Crippen molar-refractivity contribution in [3.8, 4) is 5.75 Å². The highest BCUT2D eigenvalue weighted by Crippen LogP contribution is 2.33. The molecule has 3 rings (SSSR count). The maximum atomic E-state index is 10.9. The molecule has 0 aliphatic carbocycles. The van der Waals surface area contributed by atoms with Crippen LogP contribution in [0, 0.1) is 0 Å². The number of furan rings is 1. The second kappa shape index (κ2) is 3.25. The molecule has 0 saturated carbocycles. The summed E-state index contributed by atoms with van der Waals surface area (Å²) < 4.78 is 5.52.